The van der Waals surface area contributed by atoms with E-state index in [0.717, 1.165) is 6.07 Å². The van der Waals surface area contributed by atoms with Gasteiger partial charge in [-0.25, -0.2) is 4.39 Å². The van der Waals surface area contributed by atoms with Crippen molar-refractivity contribution in [1.82, 2.24) is 0 Å². The molecular weight excluding hydrogens is 229 g/mol. The molecule has 1 heterocycles. The van der Waals surface area contributed by atoms with E-state index < -0.39 is 23.8 Å². The molecule has 6 heteroatoms. The van der Waals surface area contributed by atoms with Crippen LogP contribution in [0.4, 0.5) is 10.1 Å². The number of fused-ring (bicyclic) bond motifs is 1. The molecule has 1 N–H and O–H groups in total. The van der Waals surface area contributed by atoms with E-state index in [1.165, 1.54) is 19.2 Å². The Morgan fingerprint density at radius 3 is 3.06 bits per heavy atom. The van der Waals surface area contributed by atoms with Crippen LogP contribution in [0.25, 0.3) is 0 Å². The number of ether oxygens (including phenoxy) is 2. The minimum Gasteiger partial charge on any atom is -0.478 e. The molecule has 0 radical (unpaired) electrons. The SMILES string of the molecule is COC(=O)CC1Oc2ccc(F)cc2NC1=O. The minimum absolute atomic E-state index is 0.181. The number of esters is 1. The molecule has 1 aromatic rings. The highest BCUT2D eigenvalue weighted by Gasteiger charge is 2.30. The molecule has 1 aliphatic rings. The molecule has 2 rings (SSSR count). The number of carbonyl (C=O) groups is 2. The summed E-state index contributed by atoms with van der Waals surface area (Å²) in [4.78, 5) is 22.6. The van der Waals surface area contributed by atoms with Gasteiger partial charge in [0.25, 0.3) is 5.91 Å². The number of nitrogens with one attached hydrogen (secondary N) is 1. The second kappa shape index (κ2) is 4.40. The van der Waals surface area contributed by atoms with E-state index in [0.29, 0.717) is 5.75 Å². The smallest absolute Gasteiger partial charge is 0.309 e. The Labute approximate surface area is 96.5 Å². The van der Waals surface area contributed by atoms with Crippen LogP contribution in [0.3, 0.4) is 0 Å². The van der Waals surface area contributed by atoms with E-state index in [2.05, 4.69) is 10.1 Å². The third kappa shape index (κ3) is 2.35. The number of methoxy groups -OCH3 is 1. The van der Waals surface area contributed by atoms with Crippen molar-refractivity contribution < 1.29 is 23.5 Å². The monoisotopic (exact) mass is 239 g/mol. The maximum atomic E-state index is 12.9. The predicted molar refractivity (Wildman–Crippen MR) is 56.1 cm³/mol. The lowest BCUT2D eigenvalue weighted by molar-refractivity contribution is -0.145. The first kappa shape index (κ1) is 11.4. The number of rotatable bonds is 2. The molecule has 0 spiro atoms. The van der Waals surface area contributed by atoms with Crippen LogP contribution in [0.2, 0.25) is 0 Å². The van der Waals surface area contributed by atoms with E-state index in [4.69, 9.17) is 4.74 Å². The summed E-state index contributed by atoms with van der Waals surface area (Å²) in [5.41, 5.74) is 0.260. The molecule has 0 aromatic heterocycles. The molecule has 1 aromatic carbocycles. The summed E-state index contributed by atoms with van der Waals surface area (Å²) in [6.07, 6.45) is -1.13. The van der Waals surface area contributed by atoms with Crippen molar-refractivity contribution in [2.45, 2.75) is 12.5 Å². The third-order valence-electron chi connectivity index (χ3n) is 2.34. The Morgan fingerprint density at radius 2 is 2.35 bits per heavy atom. The van der Waals surface area contributed by atoms with Crippen molar-refractivity contribution in [1.29, 1.82) is 0 Å². The summed E-state index contributed by atoms with van der Waals surface area (Å²) in [6.45, 7) is 0. The van der Waals surface area contributed by atoms with Crippen LogP contribution in [-0.4, -0.2) is 25.1 Å². The second-order valence-electron chi connectivity index (χ2n) is 3.52. The standard InChI is InChI=1S/C11H10FNO4/c1-16-10(14)5-9-11(15)13-7-4-6(12)2-3-8(7)17-9/h2-4,9H,5H2,1H3,(H,13,15). The summed E-state index contributed by atoms with van der Waals surface area (Å²) in [5.74, 6) is -1.18. The molecule has 90 valence electrons. The summed E-state index contributed by atoms with van der Waals surface area (Å²) in [6, 6.07) is 3.77. The van der Waals surface area contributed by atoms with E-state index in [1.807, 2.05) is 0 Å². The Bertz CT molecular complexity index is 475. The Hall–Kier alpha value is -2.11. The van der Waals surface area contributed by atoms with Crippen molar-refractivity contribution in [3.05, 3.63) is 24.0 Å². The van der Waals surface area contributed by atoms with E-state index in [9.17, 15) is 14.0 Å². The largest absolute Gasteiger partial charge is 0.478 e. The lowest BCUT2D eigenvalue weighted by atomic mass is 10.1. The summed E-state index contributed by atoms with van der Waals surface area (Å²) in [5, 5.41) is 2.47. The summed E-state index contributed by atoms with van der Waals surface area (Å²) in [7, 11) is 1.23. The van der Waals surface area contributed by atoms with Crippen LogP contribution in [0, 0.1) is 5.82 Å². The zero-order valence-corrected chi connectivity index (χ0v) is 9.03. The average molecular weight is 239 g/mol. The van der Waals surface area contributed by atoms with Gasteiger partial charge in [-0.05, 0) is 12.1 Å². The fraction of sp³-hybridized carbons (Fsp3) is 0.273. The number of hydrogen-bond donors (Lipinski definition) is 1. The lowest BCUT2D eigenvalue weighted by Gasteiger charge is -2.24. The molecule has 1 atom stereocenters. The van der Waals surface area contributed by atoms with Crippen LogP contribution >= 0.6 is 0 Å². The van der Waals surface area contributed by atoms with Gasteiger partial charge in [0.2, 0.25) is 0 Å². The Kier molecular flexibility index (Phi) is 2.95. The molecule has 0 bridgehead atoms. The molecule has 0 aliphatic carbocycles. The number of hydrogen-bond acceptors (Lipinski definition) is 4. The highest BCUT2D eigenvalue weighted by molar-refractivity contribution is 5.99. The van der Waals surface area contributed by atoms with Gasteiger partial charge in [0.05, 0.1) is 19.2 Å². The number of benzene rings is 1. The molecule has 0 saturated carbocycles. The molecule has 1 aliphatic heterocycles. The number of carbonyl (C=O) groups excluding carboxylic acids is 2. The zero-order valence-electron chi connectivity index (χ0n) is 9.03. The quantitative estimate of drug-likeness (QED) is 0.784. The van der Waals surface area contributed by atoms with Gasteiger partial charge in [0.1, 0.15) is 11.6 Å². The first-order valence-corrected chi connectivity index (χ1v) is 4.94. The molecule has 0 saturated heterocycles. The second-order valence-corrected chi connectivity index (χ2v) is 3.52. The molecule has 1 amide bonds. The van der Waals surface area contributed by atoms with Crippen molar-refractivity contribution in [3.63, 3.8) is 0 Å². The Balaban J connectivity index is 2.18. The summed E-state index contributed by atoms with van der Waals surface area (Å²) < 4.78 is 22.6. The van der Waals surface area contributed by atoms with Crippen LogP contribution in [-0.2, 0) is 14.3 Å². The highest BCUT2D eigenvalue weighted by Crippen LogP contribution is 2.30. The van der Waals surface area contributed by atoms with Crippen LogP contribution in [0.5, 0.6) is 5.75 Å². The third-order valence-corrected chi connectivity index (χ3v) is 2.34. The summed E-state index contributed by atoms with van der Waals surface area (Å²) >= 11 is 0. The van der Waals surface area contributed by atoms with E-state index in [1.54, 1.807) is 0 Å². The molecular formula is C11H10FNO4. The van der Waals surface area contributed by atoms with Crippen molar-refractivity contribution in [2.75, 3.05) is 12.4 Å². The van der Waals surface area contributed by atoms with Crippen LogP contribution in [0.15, 0.2) is 18.2 Å². The van der Waals surface area contributed by atoms with Gasteiger partial charge in [0.15, 0.2) is 6.10 Å². The molecule has 0 fully saturated rings. The molecule has 1 unspecified atom stereocenters. The van der Waals surface area contributed by atoms with Gasteiger partial charge in [-0.15, -0.1) is 0 Å². The fourth-order valence-corrected chi connectivity index (χ4v) is 1.49. The van der Waals surface area contributed by atoms with Gasteiger partial charge in [-0.1, -0.05) is 0 Å². The van der Waals surface area contributed by atoms with Crippen molar-refractivity contribution >= 4 is 17.6 Å². The van der Waals surface area contributed by atoms with Gasteiger partial charge in [-0.3, -0.25) is 9.59 Å². The highest BCUT2D eigenvalue weighted by atomic mass is 19.1. The normalized spacial score (nSPS) is 17.8. The van der Waals surface area contributed by atoms with E-state index >= 15 is 0 Å². The number of anilines is 1. The maximum absolute atomic E-state index is 12.9. The van der Waals surface area contributed by atoms with Gasteiger partial charge in [-0.2, -0.15) is 0 Å². The van der Waals surface area contributed by atoms with Crippen LogP contribution in [0.1, 0.15) is 6.42 Å². The minimum atomic E-state index is -0.944. The first-order valence-electron chi connectivity index (χ1n) is 4.94. The van der Waals surface area contributed by atoms with Crippen molar-refractivity contribution in [2.24, 2.45) is 0 Å². The van der Waals surface area contributed by atoms with Gasteiger partial charge >= 0.3 is 5.97 Å². The van der Waals surface area contributed by atoms with E-state index in [-0.39, 0.29) is 12.1 Å². The predicted octanol–water partition coefficient (Wildman–Crippen LogP) is 1.09. The maximum Gasteiger partial charge on any atom is 0.309 e. The van der Waals surface area contributed by atoms with Crippen LogP contribution < -0.4 is 10.1 Å². The molecule has 5 nitrogen and oxygen atoms in total. The fourth-order valence-electron chi connectivity index (χ4n) is 1.49. The Morgan fingerprint density at radius 1 is 1.59 bits per heavy atom. The average Bonchev–Trinajstić information content (AvgIpc) is 2.30. The first-order chi connectivity index (χ1) is 8.10. The molecule has 17 heavy (non-hydrogen) atoms. The number of amides is 1. The lowest BCUT2D eigenvalue weighted by Crippen LogP contribution is -2.38. The van der Waals surface area contributed by atoms with Gasteiger partial charge in [0, 0.05) is 6.07 Å². The topological polar surface area (TPSA) is 64.6 Å². The van der Waals surface area contributed by atoms with Crippen molar-refractivity contribution in [3.8, 4) is 5.75 Å². The van der Waals surface area contributed by atoms with Gasteiger partial charge < -0.3 is 14.8 Å². The zero-order chi connectivity index (χ0) is 12.4. The number of halogens is 1.